The van der Waals surface area contributed by atoms with Crippen LogP contribution in [0.3, 0.4) is 0 Å². The molecule has 0 heterocycles. The van der Waals surface area contributed by atoms with Crippen LogP contribution in [0.15, 0.2) is 24.3 Å². The summed E-state index contributed by atoms with van der Waals surface area (Å²) in [7, 11) is 0. The SMILES string of the molecule is N#CS[N+](=O)[O-].c1cc2ccc1-2. The first-order valence-corrected chi connectivity index (χ1v) is 3.82. The zero-order valence-electron chi connectivity index (χ0n) is 5.93. The minimum Gasteiger partial charge on any atom is -0.250 e. The van der Waals surface area contributed by atoms with Crippen molar-refractivity contribution in [2.75, 3.05) is 0 Å². The summed E-state index contributed by atoms with van der Waals surface area (Å²) in [6.45, 7) is 0. The maximum atomic E-state index is 9.15. The topological polar surface area (TPSA) is 66.9 Å². The Balaban J connectivity index is 0.000000120. The summed E-state index contributed by atoms with van der Waals surface area (Å²) < 4.78 is -0.764. The van der Waals surface area contributed by atoms with E-state index in [1.165, 1.54) is 16.5 Å². The fourth-order valence-corrected chi connectivity index (χ4v) is 0.763. The Kier molecular flexibility index (Phi) is 2.66. The lowest BCUT2D eigenvalue weighted by Crippen LogP contribution is -1.85. The second-order valence-corrected chi connectivity index (χ2v) is 2.65. The average Bonchev–Trinajstić information content (AvgIpc) is 1.98. The Morgan fingerprint density at radius 3 is 1.75 bits per heavy atom. The highest BCUT2D eigenvalue weighted by molar-refractivity contribution is 7.97. The zero-order valence-corrected chi connectivity index (χ0v) is 6.75. The summed E-state index contributed by atoms with van der Waals surface area (Å²) in [5.74, 6) is 0. The molecule has 0 amide bonds. The molecule has 2 aliphatic rings. The first kappa shape index (κ1) is 8.56. The first-order chi connectivity index (χ1) is 5.74. The van der Waals surface area contributed by atoms with Crippen LogP contribution in [0.1, 0.15) is 0 Å². The standard InChI is InChI=1S/C6H4.CN2O2S/c1-2-6-4-3-5(1)6;2-1-6-3(4)5/h1-4H;. The van der Waals surface area contributed by atoms with Crippen LogP contribution >= 0.6 is 11.9 Å². The van der Waals surface area contributed by atoms with Gasteiger partial charge in [0, 0.05) is 0 Å². The van der Waals surface area contributed by atoms with Gasteiger partial charge in [-0.3, -0.25) is 0 Å². The summed E-state index contributed by atoms with van der Waals surface area (Å²) in [6.07, 6.45) is 0. The van der Waals surface area contributed by atoms with Crippen molar-refractivity contribution in [2.45, 2.75) is 0 Å². The lowest BCUT2D eigenvalue weighted by molar-refractivity contribution is -0.282. The van der Waals surface area contributed by atoms with Gasteiger partial charge in [0.15, 0.2) is 0 Å². The zero-order chi connectivity index (χ0) is 8.97. The summed E-state index contributed by atoms with van der Waals surface area (Å²) in [6, 6.07) is 8.48. The van der Waals surface area contributed by atoms with E-state index in [9.17, 15) is 0 Å². The van der Waals surface area contributed by atoms with Gasteiger partial charge in [0.1, 0.15) is 4.33 Å². The van der Waals surface area contributed by atoms with Gasteiger partial charge in [-0.15, -0.1) is 0 Å². The highest BCUT2D eigenvalue weighted by atomic mass is 32.2. The van der Waals surface area contributed by atoms with E-state index in [1.807, 2.05) is 0 Å². The van der Waals surface area contributed by atoms with Gasteiger partial charge in [-0.2, -0.15) is 5.26 Å². The van der Waals surface area contributed by atoms with E-state index < -0.39 is 4.33 Å². The molecule has 0 unspecified atom stereocenters. The normalized spacial score (nSPS) is 8.92. The molecule has 4 nitrogen and oxygen atoms in total. The van der Waals surface area contributed by atoms with E-state index in [4.69, 9.17) is 15.4 Å². The molecule has 0 saturated carbocycles. The molecule has 0 aromatic carbocycles. The molecule has 5 heteroatoms. The highest BCUT2D eigenvalue weighted by Gasteiger charge is 2.03. The minimum atomic E-state index is -0.764. The molecule has 0 aromatic heterocycles. The minimum absolute atomic E-state index is 0.0139. The molecule has 0 bridgehead atoms. The molecule has 0 fully saturated rings. The maximum absolute atomic E-state index is 9.15. The molecular formula is C7H4N2O2S. The van der Waals surface area contributed by atoms with Crippen LogP contribution in [0.2, 0.25) is 0 Å². The predicted octanol–water partition coefficient (Wildman–Crippen LogP) is 2.06. The number of nitro groups is 1. The Hall–Kier alpha value is -1.54. The fourth-order valence-electron chi connectivity index (χ4n) is 0.696. The molecule has 12 heavy (non-hydrogen) atoms. The second-order valence-electron chi connectivity index (χ2n) is 1.98. The van der Waals surface area contributed by atoms with Gasteiger partial charge in [0.2, 0.25) is 5.40 Å². The van der Waals surface area contributed by atoms with Crippen LogP contribution in [0.25, 0.3) is 11.1 Å². The number of hydrogen-bond donors (Lipinski definition) is 0. The Labute approximate surface area is 73.1 Å². The first-order valence-electron chi connectivity index (χ1n) is 3.05. The molecule has 2 rings (SSSR count). The summed E-state index contributed by atoms with van der Waals surface area (Å²) in [4.78, 5) is 9.15. The number of benzene rings is 1. The number of rotatable bonds is 1. The van der Waals surface area contributed by atoms with Crippen molar-refractivity contribution >= 4 is 11.9 Å². The predicted molar refractivity (Wildman–Crippen MR) is 45.6 cm³/mol. The number of hydrogen-bond acceptors (Lipinski definition) is 4. The number of fused-ring (bicyclic) bond motifs is 1. The van der Waals surface area contributed by atoms with Gasteiger partial charge >= 0.3 is 11.9 Å². The van der Waals surface area contributed by atoms with E-state index in [1.54, 1.807) is 0 Å². The van der Waals surface area contributed by atoms with Gasteiger partial charge in [0.05, 0.1) is 0 Å². The van der Waals surface area contributed by atoms with Crippen LogP contribution in [-0.4, -0.2) is 4.33 Å². The van der Waals surface area contributed by atoms with Crippen LogP contribution in [-0.2, 0) is 0 Å². The number of nitrogens with zero attached hydrogens (tertiary/aromatic N) is 2. The van der Waals surface area contributed by atoms with Crippen LogP contribution in [0.4, 0.5) is 0 Å². The summed E-state index contributed by atoms with van der Waals surface area (Å²) >= 11 is 0.0139. The lowest BCUT2D eigenvalue weighted by Gasteiger charge is -2.10. The van der Waals surface area contributed by atoms with E-state index in [0.717, 1.165) is 0 Å². The molecule has 60 valence electrons. The van der Waals surface area contributed by atoms with E-state index in [0.29, 0.717) is 0 Å². The second kappa shape index (κ2) is 3.74. The molecule has 0 radical (unpaired) electrons. The molecule has 0 spiro atoms. The van der Waals surface area contributed by atoms with Gasteiger partial charge in [-0.1, -0.05) is 24.3 Å². The van der Waals surface area contributed by atoms with Crippen molar-refractivity contribution < 1.29 is 4.33 Å². The molecule has 2 aliphatic carbocycles. The molecule has 0 atom stereocenters. The van der Waals surface area contributed by atoms with Crippen molar-refractivity contribution in [3.05, 3.63) is 34.4 Å². The summed E-state index contributed by atoms with van der Waals surface area (Å²) in [5.41, 5.74) is 2.85. The third-order valence-electron chi connectivity index (χ3n) is 1.33. The third kappa shape index (κ3) is 1.97. The van der Waals surface area contributed by atoms with Gasteiger partial charge in [0.25, 0.3) is 0 Å². The molecular weight excluding hydrogens is 176 g/mol. The smallest absolute Gasteiger partial charge is 0.250 e. The third-order valence-corrected chi connectivity index (χ3v) is 1.56. The monoisotopic (exact) mass is 180 g/mol. The Morgan fingerprint density at radius 2 is 1.75 bits per heavy atom. The quantitative estimate of drug-likeness (QED) is 0.291. The number of thiocyanates is 1. The molecule has 0 N–H and O–H groups in total. The largest absolute Gasteiger partial charge is 0.347 e. The van der Waals surface area contributed by atoms with E-state index in [-0.39, 0.29) is 11.9 Å². The van der Waals surface area contributed by atoms with Crippen LogP contribution < -0.4 is 0 Å². The Bertz CT molecular complexity index is 307. The number of nitriles is 1. The van der Waals surface area contributed by atoms with Crippen LogP contribution in [0.5, 0.6) is 0 Å². The average molecular weight is 180 g/mol. The molecule has 0 aromatic rings. The van der Waals surface area contributed by atoms with Gasteiger partial charge in [-0.25, -0.2) is 10.1 Å². The maximum Gasteiger partial charge on any atom is 0.347 e. The fraction of sp³-hybridized carbons (Fsp3) is 0. The van der Waals surface area contributed by atoms with Gasteiger partial charge < -0.3 is 0 Å². The van der Waals surface area contributed by atoms with Crippen molar-refractivity contribution in [1.29, 1.82) is 5.26 Å². The van der Waals surface area contributed by atoms with Crippen molar-refractivity contribution in [3.8, 4) is 16.5 Å². The molecule has 0 saturated heterocycles. The van der Waals surface area contributed by atoms with Crippen molar-refractivity contribution in [1.82, 2.24) is 0 Å². The van der Waals surface area contributed by atoms with E-state index in [2.05, 4.69) is 24.3 Å². The molecule has 0 aliphatic heterocycles. The summed E-state index contributed by atoms with van der Waals surface area (Å²) in [5, 5.41) is 17.9. The van der Waals surface area contributed by atoms with Gasteiger partial charge in [-0.05, 0) is 11.1 Å². The van der Waals surface area contributed by atoms with Crippen LogP contribution in [0, 0.1) is 20.8 Å². The van der Waals surface area contributed by atoms with Crippen molar-refractivity contribution in [2.24, 2.45) is 0 Å². The van der Waals surface area contributed by atoms with Crippen molar-refractivity contribution in [3.63, 3.8) is 0 Å². The highest BCUT2D eigenvalue weighted by Crippen LogP contribution is 2.29. The van der Waals surface area contributed by atoms with E-state index >= 15 is 0 Å². The Morgan fingerprint density at radius 1 is 1.33 bits per heavy atom. The lowest BCUT2D eigenvalue weighted by atomic mass is 9.95.